The number of aromatic hydroxyl groups is 1. The minimum absolute atomic E-state index is 0.149. The Morgan fingerprint density at radius 3 is 2.47 bits per heavy atom. The lowest BCUT2D eigenvalue weighted by molar-refractivity contribution is 0.475. The third-order valence-electron chi connectivity index (χ3n) is 2.34. The maximum absolute atomic E-state index is 9.38. The van der Waals surface area contributed by atoms with Crippen molar-refractivity contribution in [2.75, 3.05) is 0 Å². The largest absolute Gasteiger partial charge is 0.508 e. The number of rotatable bonds is 2. The highest BCUT2D eigenvalue weighted by molar-refractivity contribution is 9.10. The number of nitrogens with one attached hydrogen (secondary N) is 1. The van der Waals surface area contributed by atoms with Crippen molar-refractivity contribution in [1.29, 1.82) is 5.41 Å². The van der Waals surface area contributed by atoms with Gasteiger partial charge in [0, 0.05) is 15.6 Å². The molecule has 17 heavy (non-hydrogen) atoms. The first-order valence-corrected chi connectivity index (χ1v) is 6.08. The van der Waals surface area contributed by atoms with Gasteiger partial charge in [0.15, 0.2) is 0 Å². The van der Waals surface area contributed by atoms with E-state index in [0.717, 1.165) is 4.47 Å². The zero-order valence-electron chi connectivity index (χ0n) is 8.74. The van der Waals surface area contributed by atoms with E-state index in [2.05, 4.69) is 15.9 Å². The van der Waals surface area contributed by atoms with Crippen LogP contribution in [0, 0.1) is 5.41 Å². The molecule has 0 bridgehead atoms. The van der Waals surface area contributed by atoms with Crippen LogP contribution in [-0.4, -0.2) is 10.8 Å². The van der Waals surface area contributed by atoms with Gasteiger partial charge in [-0.2, -0.15) is 0 Å². The lowest BCUT2D eigenvalue weighted by Crippen LogP contribution is -2.00. The summed E-state index contributed by atoms with van der Waals surface area (Å²) >= 11 is 9.29. The van der Waals surface area contributed by atoms with E-state index < -0.39 is 0 Å². The summed E-state index contributed by atoms with van der Waals surface area (Å²) in [6.07, 6.45) is 0. The second-order valence-electron chi connectivity index (χ2n) is 3.55. The van der Waals surface area contributed by atoms with Crippen molar-refractivity contribution in [3.63, 3.8) is 0 Å². The number of halogens is 2. The fraction of sp³-hybridized carbons (Fsp3) is 0. The maximum Gasteiger partial charge on any atom is 0.116 e. The molecule has 0 aliphatic heterocycles. The first-order chi connectivity index (χ1) is 8.08. The van der Waals surface area contributed by atoms with Gasteiger partial charge in [0.2, 0.25) is 0 Å². The summed E-state index contributed by atoms with van der Waals surface area (Å²) in [4.78, 5) is 0. The van der Waals surface area contributed by atoms with E-state index in [-0.39, 0.29) is 5.75 Å². The molecule has 0 aromatic heterocycles. The maximum atomic E-state index is 9.38. The van der Waals surface area contributed by atoms with Gasteiger partial charge in [-0.1, -0.05) is 29.8 Å². The van der Waals surface area contributed by atoms with Gasteiger partial charge >= 0.3 is 0 Å². The molecule has 0 atom stereocenters. The molecular formula is C13H9BrClNO. The molecule has 0 heterocycles. The van der Waals surface area contributed by atoms with Crippen LogP contribution in [0.3, 0.4) is 0 Å². The molecule has 2 aromatic carbocycles. The van der Waals surface area contributed by atoms with Gasteiger partial charge in [-0.3, -0.25) is 5.41 Å². The standard InChI is InChI=1S/C13H9BrClNO/c14-11-5-4-9(7-12(11)15)13(16)8-2-1-3-10(17)6-8/h1-7,16-17H. The topological polar surface area (TPSA) is 44.1 Å². The van der Waals surface area contributed by atoms with E-state index in [9.17, 15) is 5.11 Å². The first-order valence-electron chi connectivity index (χ1n) is 4.91. The molecule has 4 heteroatoms. The molecule has 0 saturated heterocycles. The molecule has 2 nitrogen and oxygen atoms in total. The third-order valence-corrected chi connectivity index (χ3v) is 3.58. The summed E-state index contributed by atoms with van der Waals surface area (Å²) in [6, 6.07) is 11.9. The highest BCUT2D eigenvalue weighted by atomic mass is 79.9. The summed E-state index contributed by atoms with van der Waals surface area (Å²) < 4.78 is 0.798. The van der Waals surface area contributed by atoms with Crippen molar-refractivity contribution in [2.45, 2.75) is 0 Å². The smallest absolute Gasteiger partial charge is 0.116 e. The number of phenols is 1. The van der Waals surface area contributed by atoms with Gasteiger partial charge in [-0.05, 0) is 40.2 Å². The van der Waals surface area contributed by atoms with Crippen molar-refractivity contribution in [2.24, 2.45) is 0 Å². The summed E-state index contributed by atoms with van der Waals surface area (Å²) in [5.74, 6) is 0.149. The Morgan fingerprint density at radius 1 is 1.12 bits per heavy atom. The molecule has 0 aliphatic rings. The van der Waals surface area contributed by atoms with E-state index in [1.807, 2.05) is 6.07 Å². The molecule has 0 radical (unpaired) electrons. The lowest BCUT2D eigenvalue weighted by Gasteiger charge is -2.06. The average Bonchev–Trinajstić information content (AvgIpc) is 2.32. The van der Waals surface area contributed by atoms with E-state index in [0.29, 0.717) is 21.9 Å². The Labute approximate surface area is 113 Å². The molecule has 0 aliphatic carbocycles. The minimum atomic E-state index is 0.149. The molecule has 0 saturated carbocycles. The van der Waals surface area contributed by atoms with Gasteiger partial charge < -0.3 is 5.11 Å². The molecule has 0 amide bonds. The van der Waals surface area contributed by atoms with Crippen LogP contribution < -0.4 is 0 Å². The van der Waals surface area contributed by atoms with Crippen LogP contribution in [0.1, 0.15) is 11.1 Å². The lowest BCUT2D eigenvalue weighted by atomic mass is 10.0. The fourth-order valence-electron chi connectivity index (χ4n) is 1.48. The minimum Gasteiger partial charge on any atom is -0.508 e. The second-order valence-corrected chi connectivity index (χ2v) is 4.82. The van der Waals surface area contributed by atoms with Crippen LogP contribution in [0.5, 0.6) is 5.75 Å². The van der Waals surface area contributed by atoms with Gasteiger partial charge in [0.1, 0.15) is 5.75 Å². The molecule has 2 N–H and O–H groups in total. The van der Waals surface area contributed by atoms with E-state index in [4.69, 9.17) is 17.0 Å². The molecule has 0 fully saturated rings. The summed E-state index contributed by atoms with van der Waals surface area (Å²) in [5.41, 5.74) is 1.70. The Bertz CT molecular complexity index is 583. The zero-order valence-corrected chi connectivity index (χ0v) is 11.1. The van der Waals surface area contributed by atoms with Crippen molar-refractivity contribution in [1.82, 2.24) is 0 Å². The Morgan fingerprint density at radius 2 is 1.82 bits per heavy atom. The van der Waals surface area contributed by atoms with Crippen LogP contribution in [0.25, 0.3) is 0 Å². The molecule has 0 unspecified atom stereocenters. The molecule has 2 rings (SSSR count). The van der Waals surface area contributed by atoms with Crippen molar-refractivity contribution >= 4 is 33.2 Å². The average molecular weight is 311 g/mol. The quantitative estimate of drug-likeness (QED) is 0.801. The van der Waals surface area contributed by atoms with E-state index in [1.54, 1.807) is 36.4 Å². The Kier molecular flexibility index (Phi) is 3.50. The third kappa shape index (κ3) is 2.68. The van der Waals surface area contributed by atoms with Crippen molar-refractivity contribution in [3.05, 3.63) is 63.1 Å². The van der Waals surface area contributed by atoms with Gasteiger partial charge in [0.25, 0.3) is 0 Å². The molecule has 0 spiro atoms. The van der Waals surface area contributed by atoms with Crippen LogP contribution in [-0.2, 0) is 0 Å². The predicted octanol–water partition coefficient (Wildman–Crippen LogP) is 4.22. The van der Waals surface area contributed by atoms with Crippen LogP contribution in [0.2, 0.25) is 5.02 Å². The van der Waals surface area contributed by atoms with Gasteiger partial charge in [0.05, 0.1) is 10.7 Å². The normalized spacial score (nSPS) is 10.2. The molecular weight excluding hydrogens is 302 g/mol. The number of phenolic OH excluding ortho intramolecular Hbond substituents is 1. The molecule has 2 aromatic rings. The summed E-state index contributed by atoms with van der Waals surface area (Å²) in [5, 5.41) is 18.0. The molecule has 86 valence electrons. The zero-order chi connectivity index (χ0) is 12.4. The van der Waals surface area contributed by atoms with Crippen LogP contribution in [0.15, 0.2) is 46.9 Å². The number of hydrogen-bond acceptors (Lipinski definition) is 2. The highest BCUT2D eigenvalue weighted by Crippen LogP contribution is 2.24. The SMILES string of the molecule is N=C(c1cccc(O)c1)c1ccc(Br)c(Cl)c1. The summed E-state index contributed by atoms with van der Waals surface area (Å²) in [6.45, 7) is 0. The monoisotopic (exact) mass is 309 g/mol. The Balaban J connectivity index is 2.40. The number of hydrogen-bond donors (Lipinski definition) is 2. The Hall–Kier alpha value is -1.32. The first kappa shape index (κ1) is 12.1. The van der Waals surface area contributed by atoms with Crippen molar-refractivity contribution < 1.29 is 5.11 Å². The van der Waals surface area contributed by atoms with Gasteiger partial charge in [-0.15, -0.1) is 0 Å². The summed E-state index contributed by atoms with van der Waals surface area (Å²) in [7, 11) is 0. The van der Waals surface area contributed by atoms with Gasteiger partial charge in [-0.25, -0.2) is 0 Å². The number of benzene rings is 2. The predicted molar refractivity (Wildman–Crippen MR) is 73.2 cm³/mol. The van der Waals surface area contributed by atoms with E-state index >= 15 is 0 Å². The van der Waals surface area contributed by atoms with Crippen molar-refractivity contribution in [3.8, 4) is 5.75 Å². The fourth-order valence-corrected chi connectivity index (χ4v) is 1.91. The second kappa shape index (κ2) is 4.90. The van der Waals surface area contributed by atoms with E-state index in [1.165, 1.54) is 0 Å². The van der Waals surface area contributed by atoms with Crippen LogP contribution >= 0.6 is 27.5 Å². The van der Waals surface area contributed by atoms with Crippen LogP contribution in [0.4, 0.5) is 0 Å². The highest BCUT2D eigenvalue weighted by Gasteiger charge is 2.07.